The Morgan fingerprint density at radius 3 is 2.53 bits per heavy atom. The van der Waals surface area contributed by atoms with Crippen LogP contribution in [-0.4, -0.2) is 74.5 Å². The van der Waals surface area contributed by atoms with Gasteiger partial charge in [0, 0.05) is 50.7 Å². The minimum Gasteiger partial charge on any atom is -0.352 e. The molecule has 5 rings (SSSR count). The Morgan fingerprint density at radius 1 is 1.06 bits per heavy atom. The van der Waals surface area contributed by atoms with Crippen molar-refractivity contribution in [2.45, 2.75) is 51.7 Å². The van der Waals surface area contributed by atoms with Crippen LogP contribution in [0.25, 0.3) is 11.5 Å². The molecule has 2 fully saturated rings. The van der Waals surface area contributed by atoms with E-state index in [0.29, 0.717) is 12.1 Å². The van der Waals surface area contributed by atoms with Gasteiger partial charge in [-0.2, -0.15) is 0 Å². The first-order valence-electron chi connectivity index (χ1n) is 12.4. The van der Waals surface area contributed by atoms with Gasteiger partial charge in [-0.25, -0.2) is 19.3 Å². The smallest absolute Gasteiger partial charge is 0.157 e. The summed E-state index contributed by atoms with van der Waals surface area (Å²) < 4.78 is 13.2. The number of hydrogen-bond donors (Lipinski definition) is 1. The molecule has 0 bridgehead atoms. The lowest BCUT2D eigenvalue weighted by Gasteiger charge is -2.47. The number of nitrogens with zero attached hydrogens (tertiary/aromatic N) is 6. The summed E-state index contributed by atoms with van der Waals surface area (Å²) in [6.07, 6.45) is 8.87. The highest BCUT2D eigenvalue weighted by Gasteiger charge is 2.34. The number of aromatic nitrogens is 4. The van der Waals surface area contributed by atoms with Crippen molar-refractivity contribution in [2.24, 2.45) is 0 Å². The van der Waals surface area contributed by atoms with Gasteiger partial charge in [-0.1, -0.05) is 19.1 Å². The van der Waals surface area contributed by atoms with Crippen molar-refractivity contribution in [2.75, 3.05) is 37.6 Å². The fourth-order valence-corrected chi connectivity index (χ4v) is 5.47. The van der Waals surface area contributed by atoms with Crippen LogP contribution in [0.3, 0.4) is 0 Å². The number of halogens is 1. The van der Waals surface area contributed by atoms with Gasteiger partial charge in [-0.05, 0) is 57.0 Å². The molecule has 3 aromatic rings. The lowest BCUT2D eigenvalue weighted by atomic mass is 9.97. The Bertz CT molecular complexity index is 1060. The van der Waals surface area contributed by atoms with Crippen LogP contribution in [-0.2, 0) is 6.54 Å². The first kappa shape index (κ1) is 22.9. The van der Waals surface area contributed by atoms with E-state index in [-0.39, 0.29) is 5.82 Å². The third-order valence-electron chi connectivity index (χ3n) is 7.31. The average Bonchev–Trinajstić information content (AvgIpc) is 3.41. The number of imidazole rings is 1. The number of nitrogens with one attached hydrogen (secondary N) is 1. The number of H-pyrrole nitrogens is 1. The molecule has 0 aliphatic carbocycles. The van der Waals surface area contributed by atoms with E-state index in [2.05, 4.69) is 31.6 Å². The van der Waals surface area contributed by atoms with Gasteiger partial charge in [-0.3, -0.25) is 9.80 Å². The number of hydrogen-bond acceptors (Lipinski definition) is 6. The molecule has 1 N–H and O–H groups in total. The topological polar surface area (TPSA) is 64.2 Å². The molecule has 180 valence electrons. The monoisotopic (exact) mass is 463 g/mol. The molecule has 0 saturated carbocycles. The van der Waals surface area contributed by atoms with Crippen molar-refractivity contribution in [1.29, 1.82) is 0 Å². The lowest BCUT2D eigenvalue weighted by molar-refractivity contribution is 0.0610. The second-order valence-electron chi connectivity index (χ2n) is 9.48. The Kier molecular flexibility index (Phi) is 6.87. The highest BCUT2D eigenvalue weighted by Crippen LogP contribution is 2.27. The van der Waals surface area contributed by atoms with Crippen molar-refractivity contribution in [3.8, 4) is 11.5 Å². The number of aryl methyl sites for hydroxylation is 1. The van der Waals surface area contributed by atoms with Gasteiger partial charge >= 0.3 is 0 Å². The zero-order valence-corrected chi connectivity index (χ0v) is 20.1. The molecule has 2 aliphatic heterocycles. The molecule has 4 heterocycles. The Balaban J connectivity index is 1.18. The molecule has 0 radical (unpaired) electrons. The molecule has 7 nitrogen and oxygen atoms in total. The minimum absolute atomic E-state index is 0.165. The summed E-state index contributed by atoms with van der Waals surface area (Å²) in [5.41, 5.74) is 2.92. The van der Waals surface area contributed by atoms with Crippen molar-refractivity contribution < 1.29 is 4.39 Å². The largest absolute Gasteiger partial charge is 0.352 e. The number of anilines is 1. The predicted molar refractivity (Wildman–Crippen MR) is 132 cm³/mol. The van der Waals surface area contributed by atoms with Crippen LogP contribution in [0.5, 0.6) is 0 Å². The second-order valence-corrected chi connectivity index (χ2v) is 9.48. The molecule has 0 amide bonds. The molecule has 0 spiro atoms. The summed E-state index contributed by atoms with van der Waals surface area (Å²) in [5.74, 6) is 1.58. The quantitative estimate of drug-likeness (QED) is 0.599. The fraction of sp³-hybridized carbons (Fsp3) is 0.500. The summed E-state index contributed by atoms with van der Waals surface area (Å²) >= 11 is 0. The fourth-order valence-electron chi connectivity index (χ4n) is 5.47. The number of piperazine rings is 1. The predicted octanol–water partition coefficient (Wildman–Crippen LogP) is 3.88. The molecule has 2 aliphatic rings. The molecule has 0 unspecified atom stereocenters. The number of likely N-dealkylation sites (tertiary alicyclic amines) is 1. The summed E-state index contributed by atoms with van der Waals surface area (Å²) in [6.45, 7) is 10.5. The van der Waals surface area contributed by atoms with E-state index >= 15 is 0 Å². The lowest BCUT2D eigenvalue weighted by Crippen LogP contribution is -2.58. The maximum absolute atomic E-state index is 13.2. The molecule has 8 heteroatoms. The van der Waals surface area contributed by atoms with Crippen molar-refractivity contribution in [1.82, 2.24) is 29.7 Å². The first-order valence-corrected chi connectivity index (χ1v) is 12.4. The highest BCUT2D eigenvalue weighted by atomic mass is 19.1. The standard InChI is InChI=1S/C26H34FN7/c1-3-22-18-33(26-19(2)31-24(16-30-26)25-28-10-11-29-25)14-15-34(22)23-8-12-32(13-9-23)17-20-4-6-21(27)7-5-20/h4-7,10-11,16,22-23H,3,8-9,12-15,17-18H2,1-2H3,(H,28,29)/t22-/m0/s1. The van der Waals surface area contributed by atoms with Crippen LogP contribution in [0, 0.1) is 12.7 Å². The molecular weight excluding hydrogens is 429 g/mol. The van der Waals surface area contributed by atoms with Crippen LogP contribution in [0.2, 0.25) is 0 Å². The van der Waals surface area contributed by atoms with E-state index in [4.69, 9.17) is 9.97 Å². The van der Waals surface area contributed by atoms with E-state index in [1.165, 1.54) is 18.4 Å². The molecule has 34 heavy (non-hydrogen) atoms. The molecule has 2 aromatic heterocycles. The van der Waals surface area contributed by atoms with Crippen LogP contribution >= 0.6 is 0 Å². The average molecular weight is 464 g/mol. The SMILES string of the molecule is CC[C@H]1CN(c2ncc(-c3ncc[nH]3)nc2C)CCN1C1CCN(Cc2ccc(F)cc2)CC1. The number of aromatic amines is 1. The van der Waals surface area contributed by atoms with E-state index in [0.717, 1.165) is 68.7 Å². The van der Waals surface area contributed by atoms with E-state index < -0.39 is 0 Å². The number of rotatable bonds is 6. The summed E-state index contributed by atoms with van der Waals surface area (Å²) in [6, 6.07) is 8.08. The summed E-state index contributed by atoms with van der Waals surface area (Å²) in [7, 11) is 0. The van der Waals surface area contributed by atoms with E-state index in [9.17, 15) is 4.39 Å². The van der Waals surface area contributed by atoms with Gasteiger partial charge in [0.15, 0.2) is 5.82 Å². The third-order valence-corrected chi connectivity index (χ3v) is 7.31. The summed E-state index contributed by atoms with van der Waals surface area (Å²) in [5, 5.41) is 0. The van der Waals surface area contributed by atoms with Gasteiger partial charge in [0.05, 0.1) is 11.9 Å². The normalized spacial score (nSPS) is 20.7. The van der Waals surface area contributed by atoms with Crippen LogP contribution in [0.1, 0.15) is 37.4 Å². The molecular formula is C26H34FN7. The van der Waals surface area contributed by atoms with Gasteiger partial charge in [0.2, 0.25) is 0 Å². The van der Waals surface area contributed by atoms with Crippen LogP contribution < -0.4 is 4.90 Å². The zero-order chi connectivity index (χ0) is 23.5. The number of piperidine rings is 1. The molecule has 1 aromatic carbocycles. The molecule has 2 saturated heterocycles. The minimum atomic E-state index is -0.165. The third kappa shape index (κ3) is 4.98. The first-order chi connectivity index (χ1) is 16.6. The van der Waals surface area contributed by atoms with Crippen LogP contribution in [0.4, 0.5) is 10.2 Å². The summed E-state index contributed by atoms with van der Waals surface area (Å²) in [4.78, 5) is 24.6. The zero-order valence-electron chi connectivity index (χ0n) is 20.1. The van der Waals surface area contributed by atoms with Crippen molar-refractivity contribution in [3.05, 3.63) is 59.9 Å². The maximum Gasteiger partial charge on any atom is 0.157 e. The maximum atomic E-state index is 13.2. The highest BCUT2D eigenvalue weighted by molar-refractivity contribution is 5.53. The Morgan fingerprint density at radius 2 is 1.85 bits per heavy atom. The molecule has 1 atom stereocenters. The van der Waals surface area contributed by atoms with Gasteiger partial charge in [0.25, 0.3) is 0 Å². The van der Waals surface area contributed by atoms with E-state index in [1.54, 1.807) is 24.5 Å². The van der Waals surface area contributed by atoms with Crippen LogP contribution in [0.15, 0.2) is 42.9 Å². The van der Waals surface area contributed by atoms with Crippen molar-refractivity contribution >= 4 is 5.82 Å². The van der Waals surface area contributed by atoms with Gasteiger partial charge in [-0.15, -0.1) is 0 Å². The van der Waals surface area contributed by atoms with Gasteiger partial charge in [0.1, 0.15) is 17.3 Å². The Hall–Kier alpha value is -2.84. The second kappa shape index (κ2) is 10.2. The van der Waals surface area contributed by atoms with Crippen molar-refractivity contribution in [3.63, 3.8) is 0 Å². The van der Waals surface area contributed by atoms with E-state index in [1.807, 2.05) is 25.3 Å². The van der Waals surface area contributed by atoms with Gasteiger partial charge < -0.3 is 9.88 Å². The number of benzene rings is 1. The Labute approximate surface area is 201 Å².